The number of primary amides is 1. The first-order valence-corrected chi connectivity index (χ1v) is 13.0. The quantitative estimate of drug-likeness (QED) is 0.442. The normalized spacial score (nSPS) is 20.4. The molecular weight excluding hydrogens is 492 g/mol. The summed E-state index contributed by atoms with van der Waals surface area (Å²) < 4.78 is 35.3. The Kier molecular flexibility index (Phi) is 7.70. The molecule has 0 saturated carbocycles. The van der Waals surface area contributed by atoms with Crippen LogP contribution in [-0.4, -0.2) is 74.2 Å². The third kappa shape index (κ3) is 5.99. The fourth-order valence-corrected chi connectivity index (χ4v) is 5.10. The van der Waals surface area contributed by atoms with E-state index in [0.29, 0.717) is 24.8 Å². The van der Waals surface area contributed by atoms with Gasteiger partial charge in [-0.15, -0.1) is 0 Å². The van der Waals surface area contributed by atoms with E-state index in [1.165, 1.54) is 16.2 Å². The molecule has 4 rings (SSSR count). The number of rotatable bonds is 6. The summed E-state index contributed by atoms with van der Waals surface area (Å²) in [6.45, 7) is 2.81. The van der Waals surface area contributed by atoms with E-state index in [4.69, 9.17) is 27.2 Å². The molecule has 2 atom stereocenters. The molecule has 0 bridgehead atoms. The number of hydrazone groups is 1. The monoisotopic (exact) mass is 518 g/mol. The Hall–Kier alpha value is -2.99. The smallest absolute Gasteiger partial charge is 0.304 e. The van der Waals surface area contributed by atoms with Gasteiger partial charge in [-0.3, -0.25) is 4.79 Å². The zero-order valence-electron chi connectivity index (χ0n) is 19.2. The second-order valence-corrected chi connectivity index (χ2v) is 10.3. The number of carbonyl (C=O) groups is 1. The van der Waals surface area contributed by atoms with Crippen molar-refractivity contribution in [2.24, 2.45) is 15.8 Å². The molecule has 0 spiro atoms. The minimum Gasteiger partial charge on any atom is -0.379 e. The molecule has 2 aromatic carbocycles. The Morgan fingerprint density at radius 1 is 1.17 bits per heavy atom. The van der Waals surface area contributed by atoms with E-state index in [0.717, 1.165) is 16.8 Å². The van der Waals surface area contributed by atoms with E-state index < -0.39 is 22.2 Å². The molecule has 1 fully saturated rings. The molecular formula is C23H27ClN6O4S. The first-order chi connectivity index (χ1) is 16.7. The van der Waals surface area contributed by atoms with Crippen molar-refractivity contribution >= 4 is 39.4 Å². The molecule has 2 aliphatic rings. The second kappa shape index (κ2) is 10.7. The minimum atomic E-state index is -3.97. The summed E-state index contributed by atoms with van der Waals surface area (Å²) in [4.78, 5) is 16.1. The molecule has 0 aromatic heterocycles. The lowest BCUT2D eigenvalue weighted by Crippen LogP contribution is -2.51. The van der Waals surface area contributed by atoms with E-state index in [1.54, 1.807) is 12.1 Å². The van der Waals surface area contributed by atoms with Crippen LogP contribution in [0.5, 0.6) is 0 Å². The highest BCUT2D eigenvalue weighted by Crippen LogP contribution is 2.29. The number of nitrogens with zero attached hydrogens (tertiary/aromatic N) is 4. The van der Waals surface area contributed by atoms with Crippen molar-refractivity contribution in [1.82, 2.24) is 14.0 Å². The topological polar surface area (TPSA) is 130 Å². The highest BCUT2D eigenvalue weighted by molar-refractivity contribution is 7.87. The Bertz CT molecular complexity index is 1210. The molecule has 12 heteroatoms. The predicted octanol–water partition coefficient (Wildman–Crippen LogP) is 1.54. The van der Waals surface area contributed by atoms with Gasteiger partial charge in [0.1, 0.15) is 6.04 Å². The van der Waals surface area contributed by atoms with E-state index in [-0.39, 0.29) is 25.0 Å². The van der Waals surface area contributed by atoms with E-state index in [1.807, 2.05) is 42.5 Å². The molecule has 2 aromatic rings. The molecule has 186 valence electrons. The van der Waals surface area contributed by atoms with Crippen LogP contribution >= 0.6 is 11.6 Å². The molecule has 1 saturated heterocycles. The highest BCUT2D eigenvalue weighted by Gasteiger charge is 2.34. The maximum atomic E-state index is 13.1. The van der Waals surface area contributed by atoms with Gasteiger partial charge in [0.25, 0.3) is 0 Å². The highest BCUT2D eigenvalue weighted by atomic mass is 35.5. The second-order valence-electron chi connectivity index (χ2n) is 8.19. The molecule has 2 heterocycles. The van der Waals surface area contributed by atoms with Gasteiger partial charge in [0.15, 0.2) is 0 Å². The fraction of sp³-hybridized carbons (Fsp3) is 0.348. The average molecular weight is 519 g/mol. The number of benzene rings is 2. The summed E-state index contributed by atoms with van der Waals surface area (Å²) >= 11 is 6.08. The maximum absolute atomic E-state index is 13.1. The van der Waals surface area contributed by atoms with E-state index in [2.05, 4.69) is 9.71 Å². The first kappa shape index (κ1) is 25.1. The van der Waals surface area contributed by atoms with Crippen LogP contribution in [0, 0.1) is 0 Å². The van der Waals surface area contributed by atoms with Crippen LogP contribution in [0.25, 0.3) is 0 Å². The Balaban J connectivity index is 1.72. The predicted molar refractivity (Wildman–Crippen MR) is 134 cm³/mol. The number of nitrogens with one attached hydrogen (secondary N) is 1. The van der Waals surface area contributed by atoms with Crippen LogP contribution in [0.2, 0.25) is 5.02 Å². The number of morpholine rings is 1. The number of hydrogen-bond acceptors (Lipinski definition) is 6. The zero-order chi connectivity index (χ0) is 25.0. The van der Waals surface area contributed by atoms with Crippen molar-refractivity contribution in [1.29, 1.82) is 0 Å². The van der Waals surface area contributed by atoms with Crippen LogP contribution in [0.3, 0.4) is 0 Å². The molecule has 35 heavy (non-hydrogen) atoms. The van der Waals surface area contributed by atoms with Crippen molar-refractivity contribution in [2.75, 3.05) is 32.8 Å². The molecule has 0 aliphatic carbocycles. The van der Waals surface area contributed by atoms with E-state index >= 15 is 0 Å². The molecule has 2 aliphatic heterocycles. The Morgan fingerprint density at radius 3 is 2.46 bits per heavy atom. The maximum Gasteiger partial charge on any atom is 0.304 e. The van der Waals surface area contributed by atoms with Crippen LogP contribution in [-0.2, 0) is 19.7 Å². The van der Waals surface area contributed by atoms with Crippen LogP contribution in [0.15, 0.2) is 64.7 Å². The van der Waals surface area contributed by atoms with Gasteiger partial charge in [-0.1, -0.05) is 54.1 Å². The lowest BCUT2D eigenvalue weighted by molar-refractivity contribution is -0.118. The van der Waals surface area contributed by atoms with Crippen molar-refractivity contribution in [3.63, 3.8) is 0 Å². The number of amides is 1. The van der Waals surface area contributed by atoms with Gasteiger partial charge in [-0.2, -0.15) is 17.8 Å². The fourth-order valence-electron chi connectivity index (χ4n) is 3.82. The summed E-state index contributed by atoms with van der Waals surface area (Å²) in [5.41, 5.74) is 7.98. The number of ether oxygens (including phenoxy) is 1. The summed E-state index contributed by atoms with van der Waals surface area (Å²) in [6.07, 6.45) is 0. The largest absolute Gasteiger partial charge is 0.379 e. The third-order valence-electron chi connectivity index (χ3n) is 5.76. The number of guanidine groups is 1. The van der Waals surface area contributed by atoms with Gasteiger partial charge >= 0.3 is 10.2 Å². The Labute approximate surface area is 209 Å². The van der Waals surface area contributed by atoms with Crippen molar-refractivity contribution in [2.45, 2.75) is 18.9 Å². The van der Waals surface area contributed by atoms with Crippen molar-refractivity contribution in [3.8, 4) is 0 Å². The van der Waals surface area contributed by atoms with Crippen molar-refractivity contribution in [3.05, 3.63) is 70.7 Å². The van der Waals surface area contributed by atoms with Crippen LogP contribution in [0.1, 0.15) is 24.0 Å². The van der Waals surface area contributed by atoms with Crippen LogP contribution < -0.4 is 10.5 Å². The molecule has 0 radical (unpaired) electrons. The standard InChI is InChI=1S/C23H27ClN6O4S/c1-16(22(25)31)26-23(28-35(32,33)29-11-13-34-14-12-29)30-15-20(17-5-3-2-4-6-17)21(27-30)18-7-9-19(24)10-8-18/h2-10,16,20H,11-15H2,1H3,(H2,25,31)(H,26,28). The number of nitrogens with two attached hydrogens (primary N) is 1. The number of aliphatic imine (C=N–C) groups is 1. The number of carbonyl (C=O) groups excluding carboxylic acids is 1. The van der Waals surface area contributed by atoms with E-state index in [9.17, 15) is 13.2 Å². The Morgan fingerprint density at radius 2 is 1.83 bits per heavy atom. The minimum absolute atomic E-state index is 0.0762. The van der Waals surface area contributed by atoms with Crippen LogP contribution in [0.4, 0.5) is 0 Å². The number of hydrogen-bond donors (Lipinski definition) is 2. The first-order valence-electron chi connectivity index (χ1n) is 11.1. The zero-order valence-corrected chi connectivity index (χ0v) is 20.7. The summed E-state index contributed by atoms with van der Waals surface area (Å²) in [5, 5.41) is 6.81. The lowest BCUT2D eigenvalue weighted by Gasteiger charge is -2.28. The SMILES string of the molecule is CC(N=C(NS(=O)(=O)N1CCOCC1)N1CC(c2ccccc2)C(c2ccc(Cl)cc2)=N1)C(N)=O. The summed E-state index contributed by atoms with van der Waals surface area (Å²) in [6, 6.07) is 16.1. The molecule has 3 N–H and O–H groups in total. The summed E-state index contributed by atoms with van der Waals surface area (Å²) in [5.74, 6) is -0.944. The van der Waals surface area contributed by atoms with Crippen molar-refractivity contribution < 1.29 is 17.9 Å². The average Bonchev–Trinajstić information content (AvgIpc) is 3.30. The van der Waals surface area contributed by atoms with Gasteiger partial charge in [-0.25, -0.2) is 14.7 Å². The van der Waals surface area contributed by atoms with Gasteiger partial charge < -0.3 is 10.5 Å². The molecule has 10 nitrogen and oxygen atoms in total. The molecule has 2 unspecified atom stereocenters. The van der Waals surface area contributed by atoms with Gasteiger partial charge in [0, 0.05) is 24.0 Å². The number of halogens is 1. The molecule has 1 amide bonds. The van der Waals surface area contributed by atoms with Gasteiger partial charge in [0.2, 0.25) is 11.9 Å². The van der Waals surface area contributed by atoms with Gasteiger partial charge in [0.05, 0.1) is 25.5 Å². The third-order valence-corrected chi connectivity index (χ3v) is 7.50. The lowest BCUT2D eigenvalue weighted by atomic mass is 9.91. The summed E-state index contributed by atoms with van der Waals surface area (Å²) in [7, 11) is -3.97. The van der Waals surface area contributed by atoms with Gasteiger partial charge in [-0.05, 0) is 30.2 Å².